The summed E-state index contributed by atoms with van der Waals surface area (Å²) in [5.41, 5.74) is 5.73. The van der Waals surface area contributed by atoms with Gasteiger partial charge < -0.3 is 15.4 Å². The number of amides is 1. The van der Waals surface area contributed by atoms with Crippen molar-refractivity contribution in [2.45, 2.75) is 57.9 Å². The van der Waals surface area contributed by atoms with Crippen LogP contribution in [0.3, 0.4) is 0 Å². The van der Waals surface area contributed by atoms with Crippen molar-refractivity contribution >= 4 is 30.7 Å². The van der Waals surface area contributed by atoms with E-state index in [1.165, 1.54) is 0 Å². The van der Waals surface area contributed by atoms with Gasteiger partial charge in [-0.25, -0.2) is 0 Å². The van der Waals surface area contributed by atoms with Crippen molar-refractivity contribution in [2.75, 3.05) is 26.2 Å². The Hall–Kier alpha value is -0.0700. The van der Waals surface area contributed by atoms with E-state index in [9.17, 15) is 4.79 Å². The van der Waals surface area contributed by atoms with Gasteiger partial charge in [-0.05, 0) is 33.6 Å². The fraction of sp³-hybridized carbons (Fsp3) is 0.929. The van der Waals surface area contributed by atoms with E-state index in [0.717, 1.165) is 39.0 Å². The van der Waals surface area contributed by atoms with E-state index in [2.05, 4.69) is 18.7 Å². The SMILES string of the molecule is CC1CN(CC2CCCN2C(=O)[C@@H](C)N)CC(C)O1.Cl.Cl. The van der Waals surface area contributed by atoms with Crippen LogP contribution in [-0.4, -0.2) is 66.2 Å². The Bertz CT molecular complexity index is 321. The molecular formula is C14H29Cl2N3O2. The highest BCUT2D eigenvalue weighted by molar-refractivity contribution is 5.85. The monoisotopic (exact) mass is 341 g/mol. The highest BCUT2D eigenvalue weighted by atomic mass is 35.5. The fourth-order valence-corrected chi connectivity index (χ4v) is 3.31. The zero-order valence-electron chi connectivity index (χ0n) is 13.2. The summed E-state index contributed by atoms with van der Waals surface area (Å²) in [5, 5.41) is 0. The van der Waals surface area contributed by atoms with Crippen molar-refractivity contribution in [1.82, 2.24) is 9.80 Å². The third kappa shape index (κ3) is 5.57. The van der Waals surface area contributed by atoms with Crippen LogP contribution in [0.15, 0.2) is 0 Å². The summed E-state index contributed by atoms with van der Waals surface area (Å²) in [6.45, 7) is 9.74. The summed E-state index contributed by atoms with van der Waals surface area (Å²) in [4.78, 5) is 16.5. The van der Waals surface area contributed by atoms with Crippen LogP contribution in [-0.2, 0) is 9.53 Å². The predicted molar refractivity (Wildman–Crippen MR) is 89.3 cm³/mol. The van der Waals surface area contributed by atoms with Crippen molar-refractivity contribution in [3.8, 4) is 0 Å². The first-order valence-corrected chi connectivity index (χ1v) is 7.41. The van der Waals surface area contributed by atoms with E-state index < -0.39 is 0 Å². The average Bonchev–Trinajstić information content (AvgIpc) is 2.74. The van der Waals surface area contributed by atoms with Crippen LogP contribution in [0.4, 0.5) is 0 Å². The quantitative estimate of drug-likeness (QED) is 0.839. The molecule has 0 aromatic heterocycles. The van der Waals surface area contributed by atoms with Crippen molar-refractivity contribution in [2.24, 2.45) is 5.73 Å². The van der Waals surface area contributed by atoms with E-state index in [-0.39, 0.29) is 49.0 Å². The van der Waals surface area contributed by atoms with Crippen molar-refractivity contribution in [3.63, 3.8) is 0 Å². The predicted octanol–water partition coefficient (Wildman–Crippen LogP) is 1.28. The molecule has 21 heavy (non-hydrogen) atoms. The fourth-order valence-electron chi connectivity index (χ4n) is 3.31. The highest BCUT2D eigenvalue weighted by Gasteiger charge is 2.33. The molecule has 126 valence electrons. The molecule has 2 aliphatic rings. The molecule has 0 aliphatic carbocycles. The van der Waals surface area contributed by atoms with Crippen molar-refractivity contribution < 1.29 is 9.53 Å². The van der Waals surface area contributed by atoms with Crippen LogP contribution in [0.25, 0.3) is 0 Å². The van der Waals surface area contributed by atoms with Crippen LogP contribution < -0.4 is 5.73 Å². The maximum absolute atomic E-state index is 12.1. The Morgan fingerprint density at radius 3 is 2.38 bits per heavy atom. The number of hydrogen-bond acceptors (Lipinski definition) is 4. The molecular weight excluding hydrogens is 313 g/mol. The Morgan fingerprint density at radius 1 is 1.29 bits per heavy atom. The van der Waals surface area contributed by atoms with Crippen LogP contribution in [0, 0.1) is 0 Å². The summed E-state index contributed by atoms with van der Waals surface area (Å²) >= 11 is 0. The van der Waals surface area contributed by atoms with E-state index in [4.69, 9.17) is 10.5 Å². The lowest BCUT2D eigenvalue weighted by Crippen LogP contribution is -2.52. The third-order valence-electron chi connectivity index (χ3n) is 4.01. The number of ether oxygens (including phenoxy) is 1. The Balaban J connectivity index is 0.00000200. The zero-order chi connectivity index (χ0) is 14.0. The van der Waals surface area contributed by atoms with Gasteiger partial charge in [-0.1, -0.05) is 0 Å². The molecule has 0 saturated carbocycles. The maximum atomic E-state index is 12.1. The minimum Gasteiger partial charge on any atom is -0.373 e. The molecule has 3 unspecified atom stereocenters. The molecule has 2 aliphatic heterocycles. The van der Waals surface area contributed by atoms with Gasteiger partial charge in [-0.3, -0.25) is 9.69 Å². The topological polar surface area (TPSA) is 58.8 Å². The maximum Gasteiger partial charge on any atom is 0.239 e. The number of nitrogens with two attached hydrogens (primary N) is 1. The van der Waals surface area contributed by atoms with E-state index in [1.807, 2.05) is 4.90 Å². The molecule has 0 aromatic carbocycles. The number of nitrogens with zero attached hydrogens (tertiary/aromatic N) is 2. The number of carbonyl (C=O) groups excluding carboxylic acids is 1. The summed E-state index contributed by atoms with van der Waals surface area (Å²) < 4.78 is 5.75. The standard InChI is InChI=1S/C14H27N3O2.2ClH/c1-10-7-16(8-11(2)19-10)9-13-5-4-6-17(13)14(18)12(3)15;;/h10-13H,4-9,15H2,1-3H3;2*1H/t10?,11?,12-,13?;;/m1../s1. The molecule has 0 bridgehead atoms. The number of carbonyl (C=O) groups is 1. The number of rotatable bonds is 3. The molecule has 2 fully saturated rings. The van der Waals surface area contributed by atoms with E-state index >= 15 is 0 Å². The van der Waals surface area contributed by atoms with Gasteiger partial charge in [-0.15, -0.1) is 24.8 Å². The summed E-state index contributed by atoms with van der Waals surface area (Å²) in [6.07, 6.45) is 2.75. The first-order valence-electron chi connectivity index (χ1n) is 7.41. The molecule has 0 aromatic rings. The van der Waals surface area contributed by atoms with Crippen LogP contribution >= 0.6 is 24.8 Å². The zero-order valence-corrected chi connectivity index (χ0v) is 14.8. The average molecular weight is 342 g/mol. The van der Waals surface area contributed by atoms with Gasteiger partial charge in [0.1, 0.15) is 0 Å². The molecule has 2 rings (SSSR count). The van der Waals surface area contributed by atoms with E-state index in [1.54, 1.807) is 6.92 Å². The Morgan fingerprint density at radius 2 is 1.86 bits per heavy atom. The molecule has 7 heteroatoms. The number of likely N-dealkylation sites (tertiary alicyclic amines) is 1. The minimum absolute atomic E-state index is 0. The first kappa shape index (κ1) is 20.9. The first-order chi connectivity index (χ1) is 8.97. The summed E-state index contributed by atoms with van der Waals surface area (Å²) in [7, 11) is 0. The lowest BCUT2D eigenvalue weighted by Gasteiger charge is -2.38. The van der Waals surface area contributed by atoms with Crippen LogP contribution in [0.1, 0.15) is 33.6 Å². The second-order valence-electron chi connectivity index (χ2n) is 6.09. The summed E-state index contributed by atoms with van der Waals surface area (Å²) in [6, 6.07) is -0.0564. The smallest absolute Gasteiger partial charge is 0.239 e. The third-order valence-corrected chi connectivity index (χ3v) is 4.01. The molecule has 2 N–H and O–H groups in total. The Kier molecular flexibility index (Phi) is 9.12. The normalized spacial score (nSPS) is 31.2. The number of hydrogen-bond donors (Lipinski definition) is 1. The second-order valence-corrected chi connectivity index (χ2v) is 6.09. The molecule has 5 nitrogen and oxygen atoms in total. The van der Waals surface area contributed by atoms with Crippen molar-refractivity contribution in [3.05, 3.63) is 0 Å². The van der Waals surface area contributed by atoms with Gasteiger partial charge in [0, 0.05) is 32.2 Å². The van der Waals surface area contributed by atoms with Gasteiger partial charge in [-0.2, -0.15) is 0 Å². The lowest BCUT2D eigenvalue weighted by molar-refractivity contribution is -0.134. The van der Waals surface area contributed by atoms with Gasteiger partial charge in [0.25, 0.3) is 0 Å². The number of halogens is 2. The molecule has 1 amide bonds. The Labute approximate surface area is 140 Å². The van der Waals surface area contributed by atoms with Crippen LogP contribution in [0.5, 0.6) is 0 Å². The number of morpholine rings is 1. The minimum atomic E-state index is -0.386. The second kappa shape index (κ2) is 9.16. The molecule has 0 spiro atoms. The molecule has 0 radical (unpaired) electrons. The van der Waals surface area contributed by atoms with Gasteiger partial charge in [0.2, 0.25) is 5.91 Å². The van der Waals surface area contributed by atoms with Gasteiger partial charge in [0.05, 0.1) is 18.2 Å². The van der Waals surface area contributed by atoms with E-state index in [0.29, 0.717) is 6.04 Å². The molecule has 4 atom stereocenters. The van der Waals surface area contributed by atoms with Crippen LogP contribution in [0.2, 0.25) is 0 Å². The molecule has 2 heterocycles. The van der Waals surface area contributed by atoms with Crippen molar-refractivity contribution in [1.29, 1.82) is 0 Å². The lowest BCUT2D eigenvalue weighted by atomic mass is 10.1. The van der Waals surface area contributed by atoms with Gasteiger partial charge in [0.15, 0.2) is 0 Å². The highest BCUT2D eigenvalue weighted by Crippen LogP contribution is 2.21. The summed E-state index contributed by atoms with van der Waals surface area (Å²) in [5.74, 6) is 0.0943. The largest absolute Gasteiger partial charge is 0.373 e. The molecule has 2 saturated heterocycles. The van der Waals surface area contributed by atoms with Gasteiger partial charge >= 0.3 is 0 Å².